The number of hydrogen-bond acceptors (Lipinski definition) is 6. The van der Waals surface area contributed by atoms with E-state index in [-0.39, 0.29) is 12.3 Å². The Labute approximate surface area is 296 Å². The summed E-state index contributed by atoms with van der Waals surface area (Å²) in [5.74, 6) is 0.840. The lowest BCUT2D eigenvalue weighted by molar-refractivity contribution is 0.409. The minimum Gasteiger partial charge on any atom is -0.456 e. The fourth-order valence-corrected chi connectivity index (χ4v) is 8.88. The molecule has 2 N–H and O–H groups in total. The second-order valence-corrected chi connectivity index (χ2v) is 14.2. The summed E-state index contributed by atoms with van der Waals surface area (Å²) < 4.78 is 15.1. The van der Waals surface area contributed by atoms with Crippen molar-refractivity contribution in [2.24, 2.45) is 4.99 Å². The molecule has 1 aliphatic rings. The highest BCUT2D eigenvalue weighted by atomic mass is 32.1. The van der Waals surface area contributed by atoms with Crippen LogP contribution >= 0.6 is 11.3 Å². The normalized spacial score (nSPS) is 16.4. The van der Waals surface area contributed by atoms with Crippen molar-refractivity contribution in [1.82, 2.24) is 10.6 Å². The molecular formula is C45H29N3O2S. The largest absolute Gasteiger partial charge is 0.456 e. The van der Waals surface area contributed by atoms with E-state index in [2.05, 4.69) is 138 Å². The van der Waals surface area contributed by atoms with E-state index in [4.69, 9.17) is 13.8 Å². The van der Waals surface area contributed by atoms with Crippen molar-refractivity contribution in [1.29, 1.82) is 0 Å². The van der Waals surface area contributed by atoms with Crippen LogP contribution in [0.5, 0.6) is 0 Å². The molecule has 2 unspecified atom stereocenters. The Kier molecular flexibility index (Phi) is 6.26. The molecule has 10 aromatic rings. The summed E-state index contributed by atoms with van der Waals surface area (Å²) in [5, 5.41) is 14.4. The van der Waals surface area contributed by atoms with Gasteiger partial charge in [-0.3, -0.25) is 5.32 Å². The number of benzene rings is 7. The first kappa shape index (κ1) is 28.6. The van der Waals surface area contributed by atoms with Gasteiger partial charge in [-0.15, -0.1) is 11.3 Å². The summed E-state index contributed by atoms with van der Waals surface area (Å²) >= 11 is 1.83. The summed E-state index contributed by atoms with van der Waals surface area (Å²) in [7, 11) is 0. The van der Waals surface area contributed by atoms with E-state index < -0.39 is 0 Å². The van der Waals surface area contributed by atoms with Crippen LogP contribution in [0.3, 0.4) is 0 Å². The minimum absolute atomic E-state index is 0.142. The van der Waals surface area contributed by atoms with Gasteiger partial charge >= 0.3 is 0 Å². The van der Waals surface area contributed by atoms with Crippen molar-refractivity contribution < 1.29 is 8.83 Å². The maximum Gasteiger partial charge on any atom is 0.143 e. The predicted octanol–water partition coefficient (Wildman–Crippen LogP) is 11.9. The smallest absolute Gasteiger partial charge is 0.143 e. The van der Waals surface area contributed by atoms with Gasteiger partial charge in [0.05, 0.1) is 0 Å². The van der Waals surface area contributed by atoms with Crippen molar-refractivity contribution in [3.8, 4) is 11.1 Å². The molecule has 0 fully saturated rings. The van der Waals surface area contributed by atoms with E-state index in [9.17, 15) is 0 Å². The van der Waals surface area contributed by atoms with E-state index in [1.807, 2.05) is 35.6 Å². The van der Waals surface area contributed by atoms with Crippen LogP contribution in [0.4, 0.5) is 0 Å². The molecule has 0 spiro atoms. The molecular weight excluding hydrogens is 647 g/mol. The maximum atomic E-state index is 6.51. The van der Waals surface area contributed by atoms with Crippen LogP contribution < -0.4 is 10.6 Å². The van der Waals surface area contributed by atoms with Crippen molar-refractivity contribution in [2.75, 3.05) is 0 Å². The van der Waals surface area contributed by atoms with Crippen LogP contribution in [-0.2, 0) is 0 Å². The van der Waals surface area contributed by atoms with Gasteiger partial charge in [0, 0.05) is 52.8 Å². The SMILES string of the molecule is c1ccc(C2NC(c3ccc4oc5ccccc5c4c3)=NC(c3ccc4sc5cccc(-c6cccc7c6oc6ccccc67)c5c4c3)N2)cc1. The molecule has 3 aromatic heterocycles. The van der Waals surface area contributed by atoms with Gasteiger partial charge in [-0.1, -0.05) is 103 Å². The first-order valence-corrected chi connectivity index (χ1v) is 18.0. The van der Waals surface area contributed by atoms with Gasteiger partial charge in [0.25, 0.3) is 0 Å². The van der Waals surface area contributed by atoms with Crippen LogP contribution in [-0.4, -0.2) is 5.84 Å². The quantitative estimate of drug-likeness (QED) is 0.195. The Morgan fingerprint density at radius 2 is 1.24 bits per heavy atom. The lowest BCUT2D eigenvalue weighted by Gasteiger charge is -2.32. The third kappa shape index (κ3) is 4.54. The Morgan fingerprint density at radius 1 is 0.510 bits per heavy atom. The highest BCUT2D eigenvalue weighted by molar-refractivity contribution is 7.26. The van der Waals surface area contributed by atoms with Gasteiger partial charge in [0.1, 0.15) is 40.5 Å². The number of aliphatic imine (C=N–C) groups is 1. The second kappa shape index (κ2) is 11.2. The molecule has 0 bridgehead atoms. The topological polar surface area (TPSA) is 62.7 Å². The number of nitrogens with one attached hydrogen (secondary N) is 2. The average molecular weight is 676 g/mol. The summed E-state index contributed by atoms with van der Waals surface area (Å²) in [6, 6.07) is 53.2. The van der Waals surface area contributed by atoms with E-state index in [1.54, 1.807) is 0 Å². The molecule has 51 heavy (non-hydrogen) atoms. The number of para-hydroxylation sites is 3. The third-order valence-electron chi connectivity index (χ3n) is 10.2. The van der Waals surface area contributed by atoms with Gasteiger partial charge in [-0.2, -0.15) is 0 Å². The molecule has 242 valence electrons. The minimum atomic E-state index is -0.284. The molecule has 0 amide bonds. The lowest BCUT2D eigenvalue weighted by atomic mass is 9.96. The predicted molar refractivity (Wildman–Crippen MR) is 210 cm³/mol. The Hall–Kier alpha value is -6.21. The van der Waals surface area contributed by atoms with Crippen molar-refractivity contribution in [2.45, 2.75) is 12.3 Å². The molecule has 1 aliphatic heterocycles. The van der Waals surface area contributed by atoms with Crippen LogP contribution in [0.25, 0.3) is 75.2 Å². The van der Waals surface area contributed by atoms with Gasteiger partial charge in [-0.05, 0) is 65.2 Å². The Balaban J connectivity index is 1.08. The fourth-order valence-electron chi connectivity index (χ4n) is 7.77. The van der Waals surface area contributed by atoms with Gasteiger partial charge in [-0.25, -0.2) is 4.99 Å². The summed E-state index contributed by atoms with van der Waals surface area (Å²) in [6.45, 7) is 0. The maximum absolute atomic E-state index is 6.51. The molecule has 0 radical (unpaired) electrons. The Morgan fingerprint density at radius 3 is 2.12 bits per heavy atom. The fraction of sp³-hybridized carbons (Fsp3) is 0.0444. The zero-order valence-electron chi connectivity index (χ0n) is 27.3. The number of amidine groups is 1. The lowest BCUT2D eigenvalue weighted by Crippen LogP contribution is -2.44. The molecule has 0 saturated heterocycles. The Bertz CT molecular complexity index is 3010. The number of hydrogen-bond donors (Lipinski definition) is 2. The molecule has 6 heteroatoms. The van der Waals surface area contributed by atoms with E-state index >= 15 is 0 Å². The van der Waals surface area contributed by atoms with Gasteiger partial charge < -0.3 is 14.2 Å². The summed E-state index contributed by atoms with van der Waals surface area (Å²) in [5.41, 5.74) is 9.13. The molecule has 5 nitrogen and oxygen atoms in total. The number of fused-ring (bicyclic) bond motifs is 9. The highest BCUT2D eigenvalue weighted by Gasteiger charge is 2.27. The van der Waals surface area contributed by atoms with E-state index in [0.29, 0.717) is 0 Å². The van der Waals surface area contributed by atoms with Crippen molar-refractivity contribution in [3.63, 3.8) is 0 Å². The van der Waals surface area contributed by atoms with Crippen LogP contribution in [0.1, 0.15) is 29.0 Å². The second-order valence-electron chi connectivity index (χ2n) is 13.2. The average Bonchev–Trinajstić information content (AvgIpc) is 3.89. The molecule has 7 aromatic carbocycles. The first-order chi connectivity index (χ1) is 25.2. The third-order valence-corrected chi connectivity index (χ3v) is 11.3. The zero-order valence-corrected chi connectivity index (χ0v) is 28.1. The molecule has 0 saturated carbocycles. The highest BCUT2D eigenvalue weighted by Crippen LogP contribution is 2.44. The first-order valence-electron chi connectivity index (χ1n) is 17.2. The molecule has 4 heterocycles. The van der Waals surface area contributed by atoms with Crippen molar-refractivity contribution in [3.05, 3.63) is 168 Å². The zero-order chi connectivity index (χ0) is 33.5. The number of rotatable bonds is 4. The molecule has 11 rings (SSSR count). The molecule has 0 aliphatic carbocycles. The van der Waals surface area contributed by atoms with E-state index in [0.717, 1.165) is 72.0 Å². The number of thiophene rings is 1. The standard InChI is InChI=1S/C45H29N3O2S/c1-2-10-26(11-3-1)43-46-44(27-20-22-38-34(24-27)30-13-5-6-17-36(30)49-38)48-45(47-43)28-21-23-39-35(25-28)41-31(14-9-19-40(41)51-39)33-16-8-15-32-29-12-4-7-18-37(29)50-42(32)33/h1-25,43,45,47H,(H,46,48). The number of furan rings is 2. The molecule has 2 atom stereocenters. The van der Waals surface area contributed by atoms with Crippen LogP contribution in [0.2, 0.25) is 0 Å². The summed E-state index contributed by atoms with van der Waals surface area (Å²) in [6.07, 6.45) is -0.426. The monoisotopic (exact) mass is 675 g/mol. The van der Waals surface area contributed by atoms with Crippen molar-refractivity contribution >= 4 is 81.2 Å². The number of nitrogens with zero attached hydrogens (tertiary/aromatic N) is 1. The van der Waals surface area contributed by atoms with Gasteiger partial charge in [0.15, 0.2) is 0 Å². The van der Waals surface area contributed by atoms with E-state index in [1.165, 1.54) is 25.7 Å². The van der Waals surface area contributed by atoms with Crippen LogP contribution in [0, 0.1) is 0 Å². The summed E-state index contributed by atoms with van der Waals surface area (Å²) in [4.78, 5) is 5.34. The van der Waals surface area contributed by atoms with Gasteiger partial charge in [0.2, 0.25) is 0 Å². The van der Waals surface area contributed by atoms with Crippen LogP contribution in [0.15, 0.2) is 165 Å².